The third-order valence-corrected chi connectivity index (χ3v) is 4.20. The molecular formula is C20H19N3O3. The van der Waals surface area contributed by atoms with Crippen molar-refractivity contribution in [2.45, 2.75) is 20.8 Å². The molecule has 0 saturated heterocycles. The van der Waals surface area contributed by atoms with Gasteiger partial charge in [-0.1, -0.05) is 23.8 Å². The van der Waals surface area contributed by atoms with Crippen molar-refractivity contribution < 1.29 is 9.90 Å². The minimum atomic E-state index is -1.01. The van der Waals surface area contributed by atoms with Gasteiger partial charge in [-0.25, -0.2) is 9.48 Å². The summed E-state index contributed by atoms with van der Waals surface area (Å²) in [7, 11) is 0. The number of aryl methyl sites for hydroxylation is 3. The Bertz CT molecular complexity index is 1060. The Kier molecular flexibility index (Phi) is 4.58. The normalized spacial score (nSPS) is 11.2. The van der Waals surface area contributed by atoms with E-state index < -0.39 is 5.97 Å². The Morgan fingerprint density at radius 1 is 1.12 bits per heavy atom. The van der Waals surface area contributed by atoms with Crippen LogP contribution in [0.2, 0.25) is 0 Å². The molecule has 0 saturated carbocycles. The smallest absolute Gasteiger partial charge is 0.335 e. The van der Waals surface area contributed by atoms with Gasteiger partial charge in [0.05, 0.1) is 22.5 Å². The lowest BCUT2D eigenvalue weighted by Crippen LogP contribution is -2.17. The van der Waals surface area contributed by atoms with Crippen molar-refractivity contribution in [1.29, 1.82) is 0 Å². The number of rotatable bonds is 4. The molecule has 132 valence electrons. The van der Waals surface area contributed by atoms with Crippen LogP contribution in [0.5, 0.6) is 0 Å². The van der Waals surface area contributed by atoms with Crippen LogP contribution in [-0.4, -0.2) is 27.1 Å². The van der Waals surface area contributed by atoms with Crippen LogP contribution in [0.1, 0.15) is 32.7 Å². The molecule has 0 unspecified atom stereocenters. The zero-order valence-corrected chi connectivity index (χ0v) is 14.8. The van der Waals surface area contributed by atoms with Crippen molar-refractivity contribution in [3.8, 4) is 5.69 Å². The Balaban J connectivity index is 2.00. The minimum absolute atomic E-state index is 0.158. The Morgan fingerprint density at radius 2 is 1.81 bits per heavy atom. The van der Waals surface area contributed by atoms with E-state index in [2.05, 4.69) is 10.1 Å². The molecule has 0 atom stereocenters. The fourth-order valence-corrected chi connectivity index (χ4v) is 2.60. The first-order valence-corrected chi connectivity index (χ1v) is 8.13. The van der Waals surface area contributed by atoms with Gasteiger partial charge in [-0.3, -0.25) is 14.9 Å². The summed E-state index contributed by atoms with van der Waals surface area (Å²) in [4.78, 5) is 28.2. The van der Waals surface area contributed by atoms with Crippen LogP contribution in [0.15, 0.2) is 52.3 Å². The molecule has 0 amide bonds. The molecule has 0 radical (unpaired) electrons. The van der Waals surface area contributed by atoms with Gasteiger partial charge in [0, 0.05) is 11.9 Å². The number of hydrogen-bond donors (Lipinski definition) is 2. The van der Waals surface area contributed by atoms with Gasteiger partial charge in [-0.05, 0) is 50.6 Å². The molecule has 6 nitrogen and oxygen atoms in total. The number of carboxylic acids is 1. The number of benzene rings is 2. The molecular weight excluding hydrogens is 330 g/mol. The lowest BCUT2D eigenvalue weighted by molar-refractivity contribution is 0.0697. The fraction of sp³-hybridized carbons (Fsp3) is 0.150. The van der Waals surface area contributed by atoms with Gasteiger partial charge in [0.1, 0.15) is 0 Å². The van der Waals surface area contributed by atoms with Crippen molar-refractivity contribution in [2.24, 2.45) is 4.99 Å². The van der Waals surface area contributed by atoms with Crippen LogP contribution in [0, 0.1) is 20.8 Å². The average molecular weight is 349 g/mol. The van der Waals surface area contributed by atoms with Crippen molar-refractivity contribution in [3.63, 3.8) is 0 Å². The summed E-state index contributed by atoms with van der Waals surface area (Å²) in [6, 6.07) is 12.3. The lowest BCUT2D eigenvalue weighted by Gasteiger charge is -2.01. The number of carbonyl (C=O) groups is 1. The maximum Gasteiger partial charge on any atom is 0.335 e. The van der Waals surface area contributed by atoms with E-state index in [0.29, 0.717) is 16.9 Å². The number of hydrogen-bond acceptors (Lipinski definition) is 3. The molecule has 0 aliphatic carbocycles. The second kappa shape index (κ2) is 6.84. The van der Waals surface area contributed by atoms with Gasteiger partial charge >= 0.3 is 5.97 Å². The maximum atomic E-state index is 12.7. The maximum absolute atomic E-state index is 12.7. The topological polar surface area (TPSA) is 87.4 Å². The molecule has 0 bridgehead atoms. The van der Waals surface area contributed by atoms with Gasteiger partial charge in [-0.15, -0.1) is 0 Å². The van der Waals surface area contributed by atoms with Gasteiger partial charge in [-0.2, -0.15) is 0 Å². The van der Waals surface area contributed by atoms with Gasteiger partial charge in [0.2, 0.25) is 0 Å². The summed E-state index contributed by atoms with van der Waals surface area (Å²) in [6.45, 7) is 5.62. The first-order valence-electron chi connectivity index (χ1n) is 8.13. The summed E-state index contributed by atoms with van der Waals surface area (Å²) in [6.07, 6.45) is 1.48. The summed E-state index contributed by atoms with van der Waals surface area (Å²) in [5.74, 6) is -1.01. The Labute approximate surface area is 150 Å². The number of nitrogens with zero attached hydrogens (tertiary/aromatic N) is 2. The van der Waals surface area contributed by atoms with E-state index in [1.54, 1.807) is 13.0 Å². The number of aliphatic imine (C=N–C) groups is 1. The van der Waals surface area contributed by atoms with E-state index in [1.165, 1.54) is 23.0 Å². The lowest BCUT2D eigenvalue weighted by atomic mass is 10.1. The second-order valence-corrected chi connectivity index (χ2v) is 6.19. The van der Waals surface area contributed by atoms with E-state index >= 15 is 0 Å². The molecule has 2 N–H and O–H groups in total. The van der Waals surface area contributed by atoms with E-state index in [1.807, 2.05) is 38.1 Å². The van der Waals surface area contributed by atoms with Gasteiger partial charge in [0.25, 0.3) is 5.56 Å². The number of H-pyrrole nitrogens is 1. The SMILES string of the molecule is Cc1ccc(-n2[nH]c(C)c(C=Nc3cc(C(=O)O)ccc3C)c2=O)cc1. The van der Waals surface area contributed by atoms with E-state index in [0.717, 1.165) is 16.8 Å². The molecule has 6 heteroatoms. The highest BCUT2D eigenvalue weighted by molar-refractivity contribution is 5.90. The van der Waals surface area contributed by atoms with E-state index in [-0.39, 0.29) is 11.1 Å². The summed E-state index contributed by atoms with van der Waals surface area (Å²) in [5.41, 5.74) is 4.28. The van der Waals surface area contributed by atoms with Crippen LogP contribution >= 0.6 is 0 Å². The van der Waals surface area contributed by atoms with Crippen molar-refractivity contribution in [3.05, 3.63) is 80.8 Å². The first-order chi connectivity index (χ1) is 12.4. The number of nitrogens with one attached hydrogen (secondary N) is 1. The van der Waals surface area contributed by atoms with Crippen LogP contribution in [0.25, 0.3) is 5.69 Å². The number of aromatic carboxylic acids is 1. The number of carboxylic acid groups (broad SMARTS) is 1. The quantitative estimate of drug-likeness (QED) is 0.706. The van der Waals surface area contributed by atoms with Crippen molar-refractivity contribution in [1.82, 2.24) is 9.78 Å². The molecule has 0 aliphatic rings. The molecule has 3 rings (SSSR count). The fourth-order valence-electron chi connectivity index (χ4n) is 2.60. The predicted molar refractivity (Wildman–Crippen MR) is 101 cm³/mol. The first kappa shape index (κ1) is 17.4. The Hall–Kier alpha value is -3.41. The predicted octanol–water partition coefficient (Wildman–Crippen LogP) is 3.54. The van der Waals surface area contributed by atoms with Crippen molar-refractivity contribution >= 4 is 17.9 Å². The monoisotopic (exact) mass is 349 g/mol. The summed E-state index contributed by atoms with van der Waals surface area (Å²) in [5, 5.41) is 12.2. The molecule has 1 heterocycles. The average Bonchev–Trinajstić information content (AvgIpc) is 2.89. The highest BCUT2D eigenvalue weighted by atomic mass is 16.4. The zero-order chi connectivity index (χ0) is 18.8. The highest BCUT2D eigenvalue weighted by Gasteiger charge is 2.11. The summed E-state index contributed by atoms with van der Waals surface area (Å²) < 4.78 is 1.47. The zero-order valence-electron chi connectivity index (χ0n) is 14.8. The van der Waals surface area contributed by atoms with Crippen LogP contribution in [0.4, 0.5) is 5.69 Å². The highest BCUT2D eigenvalue weighted by Crippen LogP contribution is 2.20. The van der Waals surface area contributed by atoms with Crippen LogP contribution in [0.3, 0.4) is 0 Å². The second-order valence-electron chi connectivity index (χ2n) is 6.19. The number of aromatic nitrogens is 2. The van der Waals surface area contributed by atoms with E-state index in [9.17, 15) is 9.59 Å². The third-order valence-electron chi connectivity index (χ3n) is 4.20. The standard InChI is InChI=1S/C20H19N3O3/c1-12-4-8-16(9-5-12)23-19(24)17(14(3)22-23)11-21-18-10-15(20(25)26)7-6-13(18)2/h4-11,22H,1-3H3,(H,25,26). The molecule has 0 aliphatic heterocycles. The van der Waals surface area contributed by atoms with Gasteiger partial charge in [0.15, 0.2) is 0 Å². The third kappa shape index (κ3) is 3.35. The molecule has 2 aromatic carbocycles. The molecule has 26 heavy (non-hydrogen) atoms. The molecule has 0 fully saturated rings. The van der Waals surface area contributed by atoms with Crippen LogP contribution in [-0.2, 0) is 0 Å². The largest absolute Gasteiger partial charge is 0.478 e. The molecule has 1 aromatic heterocycles. The van der Waals surface area contributed by atoms with E-state index in [4.69, 9.17) is 5.11 Å². The van der Waals surface area contributed by atoms with Gasteiger partial charge < -0.3 is 5.11 Å². The van der Waals surface area contributed by atoms with Crippen molar-refractivity contribution in [2.75, 3.05) is 0 Å². The molecule has 3 aromatic rings. The minimum Gasteiger partial charge on any atom is -0.478 e. The Morgan fingerprint density at radius 3 is 2.46 bits per heavy atom. The summed E-state index contributed by atoms with van der Waals surface area (Å²) >= 11 is 0. The van der Waals surface area contributed by atoms with Crippen LogP contribution < -0.4 is 5.56 Å². The number of aromatic amines is 1. The molecule has 0 spiro atoms.